The Morgan fingerprint density at radius 2 is 2.20 bits per heavy atom. The molecule has 1 rings (SSSR count). The van der Waals surface area contributed by atoms with Crippen molar-refractivity contribution in [2.45, 2.75) is 13.0 Å². The summed E-state index contributed by atoms with van der Waals surface area (Å²) >= 11 is 0. The number of halogens is 2. The average Bonchev–Trinajstić information content (AvgIpc) is 2.16. The van der Waals surface area contributed by atoms with Gasteiger partial charge in [-0.15, -0.1) is 0 Å². The summed E-state index contributed by atoms with van der Waals surface area (Å²) in [5, 5.41) is 28.3. The number of rotatable bonds is 3. The molecule has 6 nitrogen and oxygen atoms in total. The highest BCUT2D eigenvalue weighted by Crippen LogP contribution is 2.34. The summed E-state index contributed by atoms with van der Waals surface area (Å²) in [6, 6.07) is 0. The van der Waals surface area contributed by atoms with Crippen molar-refractivity contribution in [3.8, 4) is 5.75 Å². The lowest BCUT2D eigenvalue weighted by atomic mass is 10.2. The molecule has 0 aliphatic rings. The zero-order valence-corrected chi connectivity index (χ0v) is 7.22. The van der Waals surface area contributed by atoms with Gasteiger partial charge in [-0.2, -0.15) is 0 Å². The highest BCUT2D eigenvalue weighted by Gasteiger charge is 2.25. The number of aliphatic hydroxyl groups excluding tert-OH is 1. The van der Waals surface area contributed by atoms with Crippen molar-refractivity contribution < 1.29 is 23.9 Å². The molecule has 1 aromatic heterocycles. The smallest absolute Gasteiger partial charge is 0.296 e. The molecule has 1 aromatic rings. The minimum absolute atomic E-state index is 0.565. The van der Waals surface area contributed by atoms with Crippen LogP contribution in [0.25, 0.3) is 0 Å². The summed E-state index contributed by atoms with van der Waals surface area (Å²) < 4.78 is 24.4. The highest BCUT2D eigenvalue weighted by molar-refractivity contribution is 5.49. The number of hydrogen-bond acceptors (Lipinski definition) is 5. The van der Waals surface area contributed by atoms with Gasteiger partial charge in [-0.1, -0.05) is 0 Å². The van der Waals surface area contributed by atoms with Crippen LogP contribution in [0.3, 0.4) is 0 Å². The maximum atomic E-state index is 12.2. The minimum Gasteiger partial charge on any atom is -0.505 e. The van der Waals surface area contributed by atoms with Crippen molar-refractivity contribution in [3.05, 3.63) is 27.6 Å². The van der Waals surface area contributed by atoms with Crippen molar-refractivity contribution in [2.24, 2.45) is 0 Å². The quantitative estimate of drug-likeness (QED) is 0.587. The van der Waals surface area contributed by atoms with E-state index in [1.807, 2.05) is 0 Å². The number of pyridine rings is 1. The molecule has 0 aliphatic heterocycles. The van der Waals surface area contributed by atoms with Gasteiger partial charge in [0.05, 0.1) is 11.5 Å². The van der Waals surface area contributed by atoms with Crippen LogP contribution in [0.2, 0.25) is 0 Å². The molecule has 0 aromatic carbocycles. The van der Waals surface area contributed by atoms with E-state index in [0.717, 1.165) is 0 Å². The van der Waals surface area contributed by atoms with Crippen LogP contribution in [0.5, 0.6) is 5.75 Å². The monoisotopic (exact) mass is 220 g/mol. The summed E-state index contributed by atoms with van der Waals surface area (Å²) in [5.74, 6) is -1.04. The van der Waals surface area contributed by atoms with E-state index in [9.17, 15) is 24.0 Å². The van der Waals surface area contributed by atoms with Crippen LogP contribution in [-0.4, -0.2) is 20.1 Å². The third kappa shape index (κ3) is 1.99. The Morgan fingerprint density at radius 1 is 1.60 bits per heavy atom. The van der Waals surface area contributed by atoms with Crippen LogP contribution in [0.1, 0.15) is 17.7 Å². The maximum absolute atomic E-state index is 12.2. The molecule has 0 aliphatic carbocycles. The second-order valence-corrected chi connectivity index (χ2v) is 2.57. The average molecular weight is 220 g/mol. The molecule has 1 heterocycles. The van der Waals surface area contributed by atoms with Crippen LogP contribution < -0.4 is 0 Å². The van der Waals surface area contributed by atoms with Crippen LogP contribution in [0.4, 0.5) is 14.5 Å². The van der Waals surface area contributed by atoms with Gasteiger partial charge < -0.3 is 10.2 Å². The first-order valence-electron chi connectivity index (χ1n) is 3.73. The second-order valence-electron chi connectivity index (χ2n) is 2.57. The first-order chi connectivity index (χ1) is 6.99. The molecule has 0 saturated carbocycles. The largest absolute Gasteiger partial charge is 0.505 e. The molecule has 82 valence electrons. The number of nitrogens with zero attached hydrogens (tertiary/aromatic N) is 2. The Morgan fingerprint density at radius 3 is 2.60 bits per heavy atom. The number of aromatic nitrogens is 1. The highest BCUT2D eigenvalue weighted by atomic mass is 19.3. The van der Waals surface area contributed by atoms with Crippen LogP contribution in [0.15, 0.2) is 6.20 Å². The fourth-order valence-corrected chi connectivity index (χ4v) is 1.02. The summed E-state index contributed by atoms with van der Waals surface area (Å²) in [5.41, 5.74) is -2.24. The van der Waals surface area contributed by atoms with Gasteiger partial charge in [0, 0.05) is 0 Å². The van der Waals surface area contributed by atoms with Gasteiger partial charge in [0.15, 0.2) is 5.75 Å². The molecule has 0 fully saturated rings. The number of alkyl halides is 2. The van der Waals surface area contributed by atoms with Crippen LogP contribution in [-0.2, 0) is 6.61 Å². The van der Waals surface area contributed by atoms with Crippen molar-refractivity contribution in [3.63, 3.8) is 0 Å². The molecule has 0 atom stereocenters. The van der Waals surface area contributed by atoms with Gasteiger partial charge in [0.1, 0.15) is 17.5 Å². The fourth-order valence-electron chi connectivity index (χ4n) is 1.02. The predicted molar refractivity (Wildman–Crippen MR) is 43.4 cm³/mol. The first kappa shape index (κ1) is 11.2. The van der Waals surface area contributed by atoms with E-state index in [2.05, 4.69) is 4.98 Å². The van der Waals surface area contributed by atoms with E-state index in [0.29, 0.717) is 6.20 Å². The van der Waals surface area contributed by atoms with E-state index < -0.39 is 40.6 Å². The van der Waals surface area contributed by atoms with Gasteiger partial charge >= 0.3 is 0 Å². The van der Waals surface area contributed by atoms with Crippen LogP contribution in [0, 0.1) is 10.1 Å². The number of aromatic hydroxyl groups is 1. The molecule has 0 radical (unpaired) electrons. The Labute approximate surface area is 82.0 Å². The van der Waals surface area contributed by atoms with Gasteiger partial charge in [0.2, 0.25) is 0 Å². The second kappa shape index (κ2) is 4.13. The van der Waals surface area contributed by atoms with Crippen LogP contribution >= 0.6 is 0 Å². The predicted octanol–water partition coefficient (Wildman–Crippen LogP) is 1.13. The van der Waals surface area contributed by atoms with E-state index >= 15 is 0 Å². The SMILES string of the molecule is O=[N+]([O-])c1cnc(C(F)F)c(O)c1CO. The normalized spacial score (nSPS) is 10.7. The summed E-state index contributed by atoms with van der Waals surface area (Å²) in [6.07, 6.45) is -2.48. The Bertz CT molecular complexity index is 397. The molecule has 0 unspecified atom stereocenters. The standard InChI is InChI=1S/C7H6F2N2O4/c8-7(9)5-6(13)3(2-12)4(1-10-5)11(14)15/h1,7,12-13H,2H2. The van der Waals surface area contributed by atoms with Gasteiger partial charge in [-0.05, 0) is 0 Å². The topological polar surface area (TPSA) is 96.5 Å². The summed E-state index contributed by atoms with van der Waals surface area (Å²) in [4.78, 5) is 12.5. The molecule has 0 saturated heterocycles. The molecule has 2 N–H and O–H groups in total. The molecular weight excluding hydrogens is 214 g/mol. The van der Waals surface area contributed by atoms with Crippen molar-refractivity contribution >= 4 is 5.69 Å². The lowest BCUT2D eigenvalue weighted by Gasteiger charge is -2.06. The molecule has 0 spiro atoms. The number of nitro groups is 1. The fraction of sp³-hybridized carbons (Fsp3) is 0.286. The molecule has 0 bridgehead atoms. The van der Waals surface area contributed by atoms with Gasteiger partial charge in [0.25, 0.3) is 12.1 Å². The molecular formula is C7H6F2N2O4. The number of hydrogen-bond donors (Lipinski definition) is 2. The van der Waals surface area contributed by atoms with Crippen molar-refractivity contribution in [2.75, 3.05) is 0 Å². The van der Waals surface area contributed by atoms with E-state index in [1.165, 1.54) is 0 Å². The molecule has 15 heavy (non-hydrogen) atoms. The molecule has 0 amide bonds. The van der Waals surface area contributed by atoms with Crippen molar-refractivity contribution in [1.29, 1.82) is 0 Å². The minimum atomic E-state index is -3.06. The zero-order valence-electron chi connectivity index (χ0n) is 7.22. The Balaban J connectivity index is 3.39. The number of aliphatic hydroxyl groups is 1. The Kier molecular flexibility index (Phi) is 3.10. The van der Waals surface area contributed by atoms with Gasteiger partial charge in [-0.3, -0.25) is 10.1 Å². The third-order valence-corrected chi connectivity index (χ3v) is 1.73. The third-order valence-electron chi connectivity index (χ3n) is 1.73. The lowest BCUT2D eigenvalue weighted by molar-refractivity contribution is -0.386. The summed E-state index contributed by atoms with van der Waals surface area (Å²) in [7, 11) is 0. The summed E-state index contributed by atoms with van der Waals surface area (Å²) in [6.45, 7) is -0.912. The van der Waals surface area contributed by atoms with Gasteiger partial charge in [-0.25, -0.2) is 13.8 Å². The van der Waals surface area contributed by atoms with E-state index in [1.54, 1.807) is 0 Å². The Hall–Kier alpha value is -1.83. The lowest BCUT2D eigenvalue weighted by Crippen LogP contribution is -2.01. The van der Waals surface area contributed by atoms with E-state index in [-0.39, 0.29) is 0 Å². The maximum Gasteiger partial charge on any atom is 0.296 e. The van der Waals surface area contributed by atoms with E-state index in [4.69, 9.17) is 5.11 Å². The zero-order chi connectivity index (χ0) is 11.6. The van der Waals surface area contributed by atoms with Crippen molar-refractivity contribution in [1.82, 2.24) is 4.98 Å². The molecule has 8 heteroatoms. The first-order valence-corrected chi connectivity index (χ1v) is 3.73.